The molecule has 4 rings (SSSR count). The fraction of sp³-hybridized carbons (Fsp3) is 0.426. The van der Waals surface area contributed by atoms with Gasteiger partial charge in [0, 0.05) is 98.4 Å². The molecule has 2 unspecified atom stereocenters. The van der Waals surface area contributed by atoms with Crippen LogP contribution in [-0.2, 0) is 9.53 Å². The van der Waals surface area contributed by atoms with Crippen molar-refractivity contribution in [1.82, 2.24) is 4.90 Å². The number of ether oxygens (including phenoxy) is 3. The summed E-state index contributed by atoms with van der Waals surface area (Å²) in [5.41, 5.74) is 6.80. The van der Waals surface area contributed by atoms with Gasteiger partial charge in [0.05, 0.1) is 30.6 Å². The first kappa shape index (κ1) is 42.8. The van der Waals surface area contributed by atoms with E-state index in [1.807, 2.05) is 31.2 Å². The molecule has 2 atom stereocenters. The third-order valence-corrected chi connectivity index (χ3v) is 10.6. The summed E-state index contributed by atoms with van der Waals surface area (Å²) < 4.78 is 18.5. The van der Waals surface area contributed by atoms with Crippen LogP contribution in [0.15, 0.2) is 111 Å². The van der Waals surface area contributed by atoms with E-state index in [1.165, 1.54) is 0 Å². The molecular formula is C47H64N4O4. The van der Waals surface area contributed by atoms with Crippen LogP contribution in [0.3, 0.4) is 0 Å². The molecule has 2 aliphatic rings. The molecule has 296 valence electrons. The average Bonchev–Trinajstić information content (AvgIpc) is 3.18. The Balaban J connectivity index is 2.02. The molecule has 0 radical (unpaired) electrons. The van der Waals surface area contributed by atoms with Gasteiger partial charge in [0.1, 0.15) is 17.3 Å². The minimum absolute atomic E-state index is 0.161. The SMILES string of the molecule is C=CCN(CC=C)c1ccc2c(c1)OC1=CC(C)(N(CC=C)CC=C)C=CC1=C2c1cc(N(CC)C(C)CC)c(N(CC)CCCC(=O)OCC)cc1OC. The van der Waals surface area contributed by atoms with E-state index in [0.29, 0.717) is 52.2 Å². The molecule has 1 aliphatic carbocycles. The summed E-state index contributed by atoms with van der Waals surface area (Å²) in [5.74, 6) is 2.17. The number of carbonyl (C=O) groups excluding carboxylic acids is 1. The summed E-state index contributed by atoms with van der Waals surface area (Å²) in [4.78, 5) is 21.7. The van der Waals surface area contributed by atoms with E-state index < -0.39 is 5.54 Å². The van der Waals surface area contributed by atoms with E-state index >= 15 is 0 Å². The molecule has 0 saturated carbocycles. The van der Waals surface area contributed by atoms with Gasteiger partial charge in [-0.3, -0.25) is 9.69 Å². The minimum Gasteiger partial charge on any atom is -0.496 e. The monoisotopic (exact) mass is 748 g/mol. The number of benzene rings is 2. The van der Waals surface area contributed by atoms with Crippen LogP contribution >= 0.6 is 0 Å². The minimum atomic E-state index is -0.445. The third kappa shape index (κ3) is 9.65. The second-order valence-corrected chi connectivity index (χ2v) is 14.2. The molecule has 0 N–H and O–H groups in total. The Kier molecular flexibility index (Phi) is 15.6. The zero-order chi connectivity index (χ0) is 40.1. The maximum absolute atomic E-state index is 12.3. The number of rotatable bonds is 23. The largest absolute Gasteiger partial charge is 0.496 e. The highest BCUT2D eigenvalue weighted by atomic mass is 16.5. The van der Waals surface area contributed by atoms with E-state index in [-0.39, 0.29) is 12.0 Å². The zero-order valence-corrected chi connectivity index (χ0v) is 34.5. The van der Waals surface area contributed by atoms with Crippen LogP contribution < -0.4 is 24.2 Å². The van der Waals surface area contributed by atoms with Crippen LogP contribution in [0.25, 0.3) is 5.57 Å². The maximum atomic E-state index is 12.3. The summed E-state index contributed by atoms with van der Waals surface area (Å²) in [6, 6.07) is 11.2. The molecule has 0 spiro atoms. The first-order valence-corrected chi connectivity index (χ1v) is 19.9. The number of allylic oxidation sites excluding steroid dienone is 1. The van der Waals surface area contributed by atoms with Crippen molar-refractivity contribution in [3.63, 3.8) is 0 Å². The van der Waals surface area contributed by atoms with Crippen molar-refractivity contribution < 1.29 is 19.0 Å². The molecule has 2 aromatic rings. The van der Waals surface area contributed by atoms with Crippen molar-refractivity contribution in [3.05, 3.63) is 122 Å². The predicted molar refractivity (Wildman–Crippen MR) is 233 cm³/mol. The molecule has 0 fully saturated rings. The quantitative estimate of drug-likeness (QED) is 0.0823. The first-order chi connectivity index (χ1) is 26.6. The fourth-order valence-electron chi connectivity index (χ4n) is 7.58. The van der Waals surface area contributed by atoms with Crippen LogP contribution in [-0.4, -0.2) is 82.0 Å². The average molecular weight is 749 g/mol. The van der Waals surface area contributed by atoms with Crippen molar-refractivity contribution in [2.75, 3.05) is 74.2 Å². The van der Waals surface area contributed by atoms with Crippen LogP contribution in [0, 0.1) is 0 Å². The molecule has 1 aliphatic heterocycles. The Morgan fingerprint density at radius 3 is 2.16 bits per heavy atom. The van der Waals surface area contributed by atoms with Crippen molar-refractivity contribution in [3.8, 4) is 11.5 Å². The van der Waals surface area contributed by atoms with Gasteiger partial charge in [0.15, 0.2) is 0 Å². The summed E-state index contributed by atoms with van der Waals surface area (Å²) in [7, 11) is 1.75. The topological polar surface area (TPSA) is 57.7 Å². The number of methoxy groups -OCH3 is 1. The number of hydrogen-bond donors (Lipinski definition) is 0. The highest BCUT2D eigenvalue weighted by molar-refractivity contribution is 5.95. The van der Waals surface area contributed by atoms with Gasteiger partial charge >= 0.3 is 5.97 Å². The number of carbonyl (C=O) groups is 1. The molecule has 0 aromatic heterocycles. The number of nitrogens with zero attached hydrogens (tertiary/aromatic N) is 4. The zero-order valence-electron chi connectivity index (χ0n) is 34.5. The molecule has 0 amide bonds. The van der Waals surface area contributed by atoms with Gasteiger partial charge in [-0.25, -0.2) is 0 Å². The Hall–Kier alpha value is -4.95. The van der Waals surface area contributed by atoms with Gasteiger partial charge < -0.3 is 28.9 Å². The summed E-state index contributed by atoms with van der Waals surface area (Å²) in [5, 5.41) is 0. The molecule has 0 saturated heterocycles. The molecule has 1 heterocycles. The normalized spacial score (nSPS) is 16.3. The van der Waals surface area contributed by atoms with Crippen LogP contribution in [0.2, 0.25) is 0 Å². The standard InChI is InChI=1S/C47H64N4O4/c1-12-26-49(27-13-2)36-22-23-37-43(31-36)55-44-34-47(10,50(28-14-3)29-15-4)25-24-38(44)46(37)39-32-41(51(18-7)35(9)16-5)40(33-42(39)53-11)48(17-6)30-20-21-45(52)54-19-8/h12-15,22-25,31-35H,1-4,16-21,26-30H2,5-11H3. The third-order valence-electron chi connectivity index (χ3n) is 10.6. The Morgan fingerprint density at radius 1 is 0.891 bits per heavy atom. The lowest BCUT2D eigenvalue weighted by atomic mass is 9.82. The van der Waals surface area contributed by atoms with Gasteiger partial charge in [-0.2, -0.15) is 0 Å². The van der Waals surface area contributed by atoms with E-state index in [9.17, 15) is 4.79 Å². The second kappa shape index (κ2) is 20.1. The van der Waals surface area contributed by atoms with Crippen molar-refractivity contribution in [2.45, 2.75) is 72.4 Å². The molecular weight excluding hydrogens is 685 g/mol. The lowest BCUT2D eigenvalue weighted by molar-refractivity contribution is -0.143. The van der Waals surface area contributed by atoms with Gasteiger partial charge in [-0.05, 0) is 71.7 Å². The Bertz CT molecular complexity index is 1770. The number of fused-ring (bicyclic) bond motifs is 2. The Labute approximate surface area is 331 Å². The van der Waals surface area contributed by atoms with Crippen molar-refractivity contribution in [2.24, 2.45) is 0 Å². The first-order valence-electron chi connectivity index (χ1n) is 19.9. The van der Waals surface area contributed by atoms with Gasteiger partial charge in [-0.15, -0.1) is 26.3 Å². The van der Waals surface area contributed by atoms with Crippen molar-refractivity contribution in [1.29, 1.82) is 0 Å². The molecule has 0 bridgehead atoms. The lowest BCUT2D eigenvalue weighted by Crippen LogP contribution is -2.45. The van der Waals surface area contributed by atoms with Crippen molar-refractivity contribution >= 4 is 28.6 Å². The summed E-state index contributed by atoms with van der Waals surface area (Å²) in [6.07, 6.45) is 16.4. The highest BCUT2D eigenvalue weighted by Crippen LogP contribution is 2.50. The van der Waals surface area contributed by atoms with E-state index in [4.69, 9.17) is 14.2 Å². The molecule has 2 aromatic carbocycles. The summed E-state index contributed by atoms with van der Waals surface area (Å²) in [6.45, 7) is 34.4. The lowest BCUT2D eigenvalue weighted by Gasteiger charge is -2.40. The smallest absolute Gasteiger partial charge is 0.305 e. The number of hydrogen-bond acceptors (Lipinski definition) is 8. The fourth-order valence-corrected chi connectivity index (χ4v) is 7.58. The van der Waals surface area contributed by atoms with Crippen LogP contribution in [0.5, 0.6) is 11.5 Å². The Morgan fingerprint density at radius 2 is 1.58 bits per heavy atom. The molecule has 8 nitrogen and oxygen atoms in total. The van der Waals surface area contributed by atoms with Gasteiger partial charge in [0.2, 0.25) is 0 Å². The van der Waals surface area contributed by atoms with E-state index in [2.05, 4.69) is 129 Å². The molecule has 8 heteroatoms. The van der Waals surface area contributed by atoms with Gasteiger partial charge in [-0.1, -0.05) is 43.4 Å². The van der Waals surface area contributed by atoms with Crippen LogP contribution in [0.4, 0.5) is 17.1 Å². The van der Waals surface area contributed by atoms with Crippen LogP contribution in [0.1, 0.15) is 71.9 Å². The maximum Gasteiger partial charge on any atom is 0.305 e. The van der Waals surface area contributed by atoms with E-state index in [1.54, 1.807) is 7.11 Å². The van der Waals surface area contributed by atoms with Gasteiger partial charge in [0.25, 0.3) is 0 Å². The summed E-state index contributed by atoms with van der Waals surface area (Å²) >= 11 is 0. The van der Waals surface area contributed by atoms with E-state index in [0.717, 1.165) is 76.1 Å². The number of anilines is 3. The molecule has 55 heavy (non-hydrogen) atoms. The predicted octanol–water partition coefficient (Wildman–Crippen LogP) is 9.75. The highest BCUT2D eigenvalue weighted by Gasteiger charge is 2.36. The number of esters is 1. The second-order valence-electron chi connectivity index (χ2n) is 14.2.